The molecule has 2 aliphatic rings. The van der Waals surface area contributed by atoms with Gasteiger partial charge in [-0.1, -0.05) is 30.3 Å². The van der Waals surface area contributed by atoms with E-state index in [1.54, 1.807) is 18.2 Å². The van der Waals surface area contributed by atoms with E-state index in [9.17, 15) is 13.2 Å². The molecule has 154 valence electrons. The van der Waals surface area contributed by atoms with Gasteiger partial charge in [-0.05, 0) is 55.6 Å². The molecule has 1 N–H and O–H groups in total. The first-order chi connectivity index (χ1) is 13.9. The van der Waals surface area contributed by atoms with E-state index < -0.39 is 10.0 Å². The number of carbonyl (C=O) groups excluding carboxylic acids is 1. The van der Waals surface area contributed by atoms with Crippen molar-refractivity contribution in [3.63, 3.8) is 0 Å². The lowest BCUT2D eigenvalue weighted by molar-refractivity contribution is 0.0932. The van der Waals surface area contributed by atoms with Crippen molar-refractivity contribution in [3.05, 3.63) is 65.2 Å². The van der Waals surface area contributed by atoms with Crippen LogP contribution in [0.1, 0.15) is 40.4 Å². The van der Waals surface area contributed by atoms with Crippen molar-refractivity contribution in [1.82, 2.24) is 14.5 Å². The van der Waals surface area contributed by atoms with Crippen LogP contribution in [0.3, 0.4) is 0 Å². The average Bonchev–Trinajstić information content (AvgIpc) is 2.74. The van der Waals surface area contributed by atoms with Crippen LogP contribution in [-0.2, 0) is 16.4 Å². The van der Waals surface area contributed by atoms with Crippen molar-refractivity contribution in [1.29, 1.82) is 0 Å². The molecule has 0 saturated carbocycles. The topological polar surface area (TPSA) is 69.7 Å². The fourth-order valence-electron chi connectivity index (χ4n) is 4.12. The Morgan fingerprint density at radius 1 is 1.03 bits per heavy atom. The smallest absolute Gasteiger partial charge is 0.251 e. The molecule has 0 radical (unpaired) electrons. The molecule has 1 amide bonds. The molecule has 2 aromatic rings. The molecule has 1 heterocycles. The molecule has 1 fully saturated rings. The second-order valence-electron chi connectivity index (χ2n) is 7.85. The Balaban J connectivity index is 1.52. The van der Waals surface area contributed by atoms with Gasteiger partial charge in [-0.25, -0.2) is 8.42 Å². The maximum absolute atomic E-state index is 13.0. The molecule has 29 heavy (non-hydrogen) atoms. The number of nitrogens with zero attached hydrogens (tertiary/aromatic N) is 2. The van der Waals surface area contributed by atoms with E-state index in [-0.39, 0.29) is 16.8 Å². The van der Waals surface area contributed by atoms with Crippen LogP contribution >= 0.6 is 0 Å². The summed E-state index contributed by atoms with van der Waals surface area (Å²) >= 11 is 0. The van der Waals surface area contributed by atoms with E-state index in [4.69, 9.17) is 0 Å². The fraction of sp³-hybridized carbons (Fsp3) is 0.409. The van der Waals surface area contributed by atoms with E-state index >= 15 is 0 Å². The lowest BCUT2D eigenvalue weighted by atomic mass is 9.87. The molecular weight excluding hydrogens is 386 g/mol. The molecule has 7 heteroatoms. The first-order valence-corrected chi connectivity index (χ1v) is 11.6. The number of hydrogen-bond acceptors (Lipinski definition) is 4. The van der Waals surface area contributed by atoms with Crippen LogP contribution in [0.15, 0.2) is 53.4 Å². The molecule has 0 aromatic heterocycles. The Morgan fingerprint density at radius 3 is 2.59 bits per heavy atom. The summed E-state index contributed by atoms with van der Waals surface area (Å²) in [6.45, 7) is 2.35. The highest BCUT2D eigenvalue weighted by Crippen LogP contribution is 2.29. The zero-order valence-corrected chi connectivity index (χ0v) is 17.5. The Morgan fingerprint density at radius 2 is 1.79 bits per heavy atom. The van der Waals surface area contributed by atoms with Crippen molar-refractivity contribution in [2.24, 2.45) is 0 Å². The minimum Gasteiger partial charge on any atom is -0.345 e. The number of likely N-dealkylation sites (N-methyl/N-ethyl adjacent to an activating group) is 1. The van der Waals surface area contributed by atoms with Gasteiger partial charge in [-0.2, -0.15) is 4.31 Å². The quantitative estimate of drug-likeness (QED) is 0.836. The molecule has 6 nitrogen and oxygen atoms in total. The number of rotatable bonds is 4. The monoisotopic (exact) mass is 413 g/mol. The number of fused-ring (bicyclic) bond motifs is 1. The van der Waals surface area contributed by atoms with Gasteiger partial charge in [0.05, 0.1) is 10.9 Å². The number of carbonyl (C=O) groups is 1. The van der Waals surface area contributed by atoms with Gasteiger partial charge in [0.2, 0.25) is 10.0 Å². The summed E-state index contributed by atoms with van der Waals surface area (Å²) < 4.78 is 27.5. The van der Waals surface area contributed by atoms with Crippen molar-refractivity contribution in [3.8, 4) is 0 Å². The highest BCUT2D eigenvalue weighted by atomic mass is 32.2. The summed E-state index contributed by atoms with van der Waals surface area (Å²) in [5, 5.41) is 3.10. The van der Waals surface area contributed by atoms with Crippen LogP contribution in [-0.4, -0.2) is 56.8 Å². The molecular formula is C22H27N3O3S. The van der Waals surface area contributed by atoms with Crippen LogP contribution in [0, 0.1) is 0 Å². The summed E-state index contributed by atoms with van der Waals surface area (Å²) in [6.07, 6.45) is 2.95. The molecule has 1 aliphatic carbocycles. The van der Waals surface area contributed by atoms with Crippen molar-refractivity contribution < 1.29 is 13.2 Å². The van der Waals surface area contributed by atoms with E-state index in [1.807, 2.05) is 19.2 Å². The minimum absolute atomic E-state index is 0.0367. The number of sulfonamides is 1. The van der Waals surface area contributed by atoms with E-state index in [0.29, 0.717) is 31.7 Å². The lowest BCUT2D eigenvalue weighted by Crippen LogP contribution is -2.47. The van der Waals surface area contributed by atoms with Gasteiger partial charge in [-0.3, -0.25) is 4.79 Å². The highest BCUT2D eigenvalue weighted by Gasteiger charge is 2.28. The van der Waals surface area contributed by atoms with Crippen molar-refractivity contribution in [2.45, 2.75) is 30.2 Å². The van der Waals surface area contributed by atoms with E-state index in [0.717, 1.165) is 24.8 Å². The zero-order chi connectivity index (χ0) is 20.4. The second-order valence-corrected chi connectivity index (χ2v) is 9.79. The number of piperazine rings is 1. The SMILES string of the molecule is CN1CCN(S(=O)(=O)c2cccc(C(=O)N[C@H]3CCCc4ccccc43)c2)CC1. The summed E-state index contributed by atoms with van der Waals surface area (Å²) in [4.78, 5) is 15.2. The fourth-order valence-corrected chi connectivity index (χ4v) is 5.59. The Kier molecular flexibility index (Phi) is 5.72. The summed E-state index contributed by atoms with van der Waals surface area (Å²) in [5.74, 6) is -0.234. The number of hydrogen-bond donors (Lipinski definition) is 1. The number of amides is 1. The standard InChI is InChI=1S/C22H27N3O3S/c1-24-12-14-25(15-13-24)29(27,28)19-9-4-8-18(16-19)22(26)23-21-11-5-7-17-6-2-3-10-20(17)21/h2-4,6,8-10,16,21H,5,7,11-15H2,1H3,(H,23,26)/t21-/m0/s1. The average molecular weight is 414 g/mol. The third kappa shape index (κ3) is 4.22. The third-order valence-corrected chi connectivity index (χ3v) is 7.77. The normalized spacial score (nSPS) is 20.8. The summed E-state index contributed by atoms with van der Waals surface area (Å²) in [6, 6.07) is 14.5. The van der Waals surface area contributed by atoms with E-state index in [2.05, 4.69) is 22.3 Å². The highest BCUT2D eigenvalue weighted by molar-refractivity contribution is 7.89. The molecule has 2 aromatic carbocycles. The Bertz CT molecular complexity index is 998. The second kappa shape index (κ2) is 8.26. The van der Waals surface area contributed by atoms with Gasteiger partial charge < -0.3 is 10.2 Å². The van der Waals surface area contributed by atoms with Crippen molar-refractivity contribution in [2.75, 3.05) is 33.2 Å². The summed E-state index contributed by atoms with van der Waals surface area (Å²) in [7, 11) is -1.61. The van der Waals surface area contributed by atoms with Gasteiger partial charge in [0.25, 0.3) is 5.91 Å². The van der Waals surface area contributed by atoms with Gasteiger partial charge in [0.1, 0.15) is 0 Å². The van der Waals surface area contributed by atoms with E-state index in [1.165, 1.54) is 15.9 Å². The molecule has 1 aliphatic heterocycles. The maximum atomic E-state index is 13.0. The zero-order valence-electron chi connectivity index (χ0n) is 16.7. The Hall–Kier alpha value is -2.22. The molecule has 1 saturated heterocycles. The predicted molar refractivity (Wildman–Crippen MR) is 112 cm³/mol. The lowest BCUT2D eigenvalue weighted by Gasteiger charge is -2.31. The van der Waals surface area contributed by atoms with Crippen LogP contribution in [0.25, 0.3) is 0 Å². The van der Waals surface area contributed by atoms with Gasteiger partial charge in [0, 0.05) is 31.7 Å². The number of nitrogens with one attached hydrogen (secondary N) is 1. The first kappa shape index (κ1) is 20.1. The van der Waals surface area contributed by atoms with Crippen LogP contribution in [0.4, 0.5) is 0 Å². The number of benzene rings is 2. The summed E-state index contributed by atoms with van der Waals surface area (Å²) in [5.41, 5.74) is 2.81. The van der Waals surface area contributed by atoms with Crippen LogP contribution < -0.4 is 5.32 Å². The third-order valence-electron chi connectivity index (χ3n) is 5.87. The van der Waals surface area contributed by atoms with Gasteiger partial charge in [-0.15, -0.1) is 0 Å². The molecule has 1 atom stereocenters. The molecule has 0 unspecified atom stereocenters. The predicted octanol–water partition coefficient (Wildman–Crippen LogP) is 2.43. The maximum Gasteiger partial charge on any atom is 0.251 e. The molecule has 0 spiro atoms. The molecule has 4 rings (SSSR count). The Labute approximate surface area is 172 Å². The van der Waals surface area contributed by atoms with Gasteiger partial charge >= 0.3 is 0 Å². The van der Waals surface area contributed by atoms with Crippen molar-refractivity contribution >= 4 is 15.9 Å². The molecule has 0 bridgehead atoms. The largest absolute Gasteiger partial charge is 0.345 e. The van der Waals surface area contributed by atoms with Crippen LogP contribution in [0.5, 0.6) is 0 Å². The van der Waals surface area contributed by atoms with Crippen LogP contribution in [0.2, 0.25) is 0 Å². The minimum atomic E-state index is -3.60. The first-order valence-electron chi connectivity index (χ1n) is 10.1. The number of aryl methyl sites for hydroxylation is 1. The van der Waals surface area contributed by atoms with Gasteiger partial charge in [0.15, 0.2) is 0 Å².